The molecule has 12 heteroatoms. The number of Topliss-reactive ketones (excluding diaryl/α,β-unsaturated/α-hetero) is 1. The molecule has 2 bridgehead atoms. The second-order valence-corrected chi connectivity index (χ2v) is 15.0. The van der Waals surface area contributed by atoms with Crippen molar-refractivity contribution >= 4 is 21.7 Å². The lowest BCUT2D eigenvalue weighted by Crippen LogP contribution is -2.51. The van der Waals surface area contributed by atoms with Crippen molar-refractivity contribution in [1.82, 2.24) is 14.1 Å². The summed E-state index contributed by atoms with van der Waals surface area (Å²) >= 11 is 0. The summed E-state index contributed by atoms with van der Waals surface area (Å²) in [6, 6.07) is 9.19. The number of benzene rings is 1. The molecule has 45 heavy (non-hydrogen) atoms. The van der Waals surface area contributed by atoms with Crippen LogP contribution in [0, 0.1) is 16.7 Å². The average Bonchev–Trinajstić information content (AvgIpc) is 3.67. The van der Waals surface area contributed by atoms with E-state index in [9.17, 15) is 18.0 Å². The second-order valence-electron chi connectivity index (χ2n) is 13.0. The molecular weight excluding hydrogens is 598 g/mol. The summed E-state index contributed by atoms with van der Waals surface area (Å²) in [6.45, 7) is 7.52. The molecule has 3 aliphatic rings. The van der Waals surface area contributed by atoms with E-state index in [4.69, 9.17) is 18.6 Å². The van der Waals surface area contributed by atoms with E-state index in [0.717, 1.165) is 12.0 Å². The number of nitrogens with zero attached hydrogens (tertiary/aromatic N) is 3. The van der Waals surface area contributed by atoms with Gasteiger partial charge >= 0.3 is 0 Å². The van der Waals surface area contributed by atoms with E-state index in [1.165, 1.54) is 4.31 Å². The molecule has 1 amide bonds. The van der Waals surface area contributed by atoms with Gasteiger partial charge in [0.05, 0.1) is 52.5 Å². The Morgan fingerprint density at radius 3 is 2.47 bits per heavy atom. The van der Waals surface area contributed by atoms with Gasteiger partial charge < -0.3 is 23.5 Å². The second kappa shape index (κ2) is 13.8. The Morgan fingerprint density at radius 1 is 1.09 bits per heavy atom. The van der Waals surface area contributed by atoms with Crippen molar-refractivity contribution in [3.63, 3.8) is 0 Å². The van der Waals surface area contributed by atoms with Gasteiger partial charge in [-0.2, -0.15) is 4.31 Å². The van der Waals surface area contributed by atoms with Gasteiger partial charge in [0.25, 0.3) is 0 Å². The lowest BCUT2D eigenvalue weighted by molar-refractivity contribution is -0.132. The maximum Gasteiger partial charge on any atom is 0.238 e. The van der Waals surface area contributed by atoms with Gasteiger partial charge in [0.2, 0.25) is 15.9 Å². The van der Waals surface area contributed by atoms with Gasteiger partial charge in [-0.3, -0.25) is 14.5 Å². The van der Waals surface area contributed by atoms with Crippen molar-refractivity contribution in [3.05, 3.63) is 47.9 Å². The summed E-state index contributed by atoms with van der Waals surface area (Å²) in [5.41, 5.74) is -0.377. The summed E-state index contributed by atoms with van der Waals surface area (Å²) in [5, 5.41) is 0. The molecule has 0 N–H and O–H groups in total. The highest BCUT2D eigenvalue weighted by molar-refractivity contribution is 7.89. The first-order chi connectivity index (χ1) is 21.5. The van der Waals surface area contributed by atoms with Gasteiger partial charge in [0.15, 0.2) is 11.5 Å². The largest absolute Gasteiger partial charge is 0.493 e. The summed E-state index contributed by atoms with van der Waals surface area (Å²) in [4.78, 5) is 31.1. The summed E-state index contributed by atoms with van der Waals surface area (Å²) in [6.07, 6.45) is 3.93. The molecule has 2 aliphatic carbocycles. The monoisotopic (exact) mass is 645 g/mol. The number of fused-ring (bicyclic) bond motifs is 2. The lowest BCUT2D eigenvalue weighted by Gasteiger charge is -2.38. The lowest BCUT2D eigenvalue weighted by atomic mass is 9.70. The van der Waals surface area contributed by atoms with Gasteiger partial charge in [-0.15, -0.1) is 0 Å². The number of methoxy groups -OCH3 is 2. The Hall–Kier alpha value is -2.93. The van der Waals surface area contributed by atoms with E-state index in [0.29, 0.717) is 75.9 Å². The minimum atomic E-state index is -3.98. The number of amides is 1. The van der Waals surface area contributed by atoms with Crippen LogP contribution in [-0.2, 0) is 37.3 Å². The van der Waals surface area contributed by atoms with Crippen LogP contribution in [-0.4, -0.2) is 107 Å². The maximum absolute atomic E-state index is 14.3. The van der Waals surface area contributed by atoms with Crippen LogP contribution in [0.4, 0.5) is 0 Å². The molecule has 2 saturated carbocycles. The van der Waals surface area contributed by atoms with Crippen LogP contribution in [0.3, 0.4) is 0 Å². The summed E-state index contributed by atoms with van der Waals surface area (Å²) < 4.78 is 51.7. The van der Waals surface area contributed by atoms with Crippen LogP contribution in [0.1, 0.15) is 44.4 Å². The zero-order valence-corrected chi connectivity index (χ0v) is 27.8. The molecule has 2 aromatic rings. The number of hydrogen-bond acceptors (Lipinski definition) is 9. The van der Waals surface area contributed by atoms with E-state index in [1.54, 1.807) is 37.5 Å². The number of ether oxygens (including phenoxy) is 3. The molecule has 2 unspecified atom stereocenters. The van der Waals surface area contributed by atoms with E-state index < -0.39 is 20.9 Å². The standard InChI is InChI=1S/C33H47N3O8S/c1-32(2)26-9-11-33(32,30(37)21-26)24-45(39,40)36(14-13-34-15-18-43-19-16-34)23-31(38)35(22-27-6-5-17-44-27)12-10-25-7-8-28(41-3)29(20-25)42-4/h5-8,17,20,26H,9-16,18-19,21-24H2,1-4H3. The molecule has 11 nitrogen and oxygen atoms in total. The van der Waals surface area contributed by atoms with E-state index in [1.807, 2.05) is 32.0 Å². The normalized spacial score (nSPS) is 23.0. The van der Waals surface area contributed by atoms with Crippen molar-refractivity contribution in [2.24, 2.45) is 16.7 Å². The third-order valence-corrected chi connectivity index (χ3v) is 12.4. The van der Waals surface area contributed by atoms with E-state index in [-0.39, 0.29) is 43.0 Å². The molecule has 2 atom stereocenters. The van der Waals surface area contributed by atoms with Gasteiger partial charge in [-0.05, 0) is 60.4 Å². The van der Waals surface area contributed by atoms with Crippen LogP contribution in [0.15, 0.2) is 41.0 Å². The van der Waals surface area contributed by atoms with Crippen molar-refractivity contribution < 1.29 is 36.6 Å². The number of rotatable bonds is 15. The van der Waals surface area contributed by atoms with Gasteiger partial charge in [0.1, 0.15) is 11.5 Å². The average molecular weight is 646 g/mol. The highest BCUT2D eigenvalue weighted by Gasteiger charge is 2.65. The Morgan fingerprint density at radius 2 is 1.84 bits per heavy atom. The molecule has 1 saturated heterocycles. The predicted octanol–water partition coefficient (Wildman–Crippen LogP) is 3.23. The number of sulfonamides is 1. The third-order valence-electron chi connectivity index (χ3n) is 10.4. The van der Waals surface area contributed by atoms with E-state index in [2.05, 4.69) is 4.90 Å². The Kier molecular flexibility index (Phi) is 10.3. The van der Waals surface area contributed by atoms with E-state index >= 15 is 0 Å². The molecule has 1 aromatic carbocycles. The molecule has 3 fully saturated rings. The molecule has 248 valence electrons. The molecule has 0 radical (unpaired) electrons. The first kappa shape index (κ1) is 33.4. The Labute approximate surface area is 266 Å². The molecular formula is C33H47N3O8S. The molecule has 1 aromatic heterocycles. The van der Waals surface area contributed by atoms with Gasteiger partial charge in [0, 0.05) is 44.6 Å². The minimum absolute atomic E-state index is 0.0427. The van der Waals surface area contributed by atoms with Crippen LogP contribution < -0.4 is 9.47 Å². The number of morpholine rings is 1. The highest BCUT2D eigenvalue weighted by atomic mass is 32.2. The highest BCUT2D eigenvalue weighted by Crippen LogP contribution is 2.64. The SMILES string of the molecule is COc1ccc(CCN(Cc2ccco2)C(=O)CN(CCN2CCOCC2)S(=O)(=O)CC23CCC(CC2=O)C3(C)C)cc1OC. The first-order valence-electron chi connectivity index (χ1n) is 15.8. The summed E-state index contributed by atoms with van der Waals surface area (Å²) in [5.74, 6) is 1.47. The summed E-state index contributed by atoms with van der Waals surface area (Å²) in [7, 11) is -0.823. The quantitative estimate of drug-likeness (QED) is 0.288. The van der Waals surface area contributed by atoms with Crippen LogP contribution in [0.25, 0.3) is 0 Å². The van der Waals surface area contributed by atoms with Crippen molar-refractivity contribution in [2.75, 3.05) is 72.5 Å². The molecule has 1 aliphatic heterocycles. The first-order valence-corrected chi connectivity index (χ1v) is 17.4. The fourth-order valence-electron chi connectivity index (χ4n) is 7.34. The predicted molar refractivity (Wildman–Crippen MR) is 169 cm³/mol. The number of carbonyl (C=O) groups excluding carboxylic acids is 2. The Balaban J connectivity index is 1.36. The maximum atomic E-state index is 14.3. The fraction of sp³-hybridized carbons (Fsp3) is 0.636. The topological polar surface area (TPSA) is 119 Å². The van der Waals surface area contributed by atoms with Gasteiger partial charge in [-0.25, -0.2) is 8.42 Å². The number of hydrogen-bond donors (Lipinski definition) is 0. The number of carbonyl (C=O) groups is 2. The fourth-order valence-corrected chi connectivity index (χ4v) is 9.49. The van der Waals surface area contributed by atoms with Crippen molar-refractivity contribution in [3.8, 4) is 11.5 Å². The van der Waals surface area contributed by atoms with Crippen LogP contribution >= 0.6 is 0 Å². The number of furan rings is 1. The van der Waals surface area contributed by atoms with Crippen molar-refractivity contribution in [1.29, 1.82) is 0 Å². The Bertz CT molecular complexity index is 1440. The molecule has 0 spiro atoms. The molecule has 5 rings (SSSR count). The zero-order valence-electron chi connectivity index (χ0n) is 27.0. The van der Waals surface area contributed by atoms with Crippen LogP contribution in [0.5, 0.6) is 11.5 Å². The zero-order chi connectivity index (χ0) is 32.2. The smallest absolute Gasteiger partial charge is 0.238 e. The minimum Gasteiger partial charge on any atom is -0.493 e. The molecule has 2 heterocycles. The third kappa shape index (κ3) is 7.08. The van der Waals surface area contributed by atoms with Gasteiger partial charge in [-0.1, -0.05) is 19.9 Å². The van der Waals surface area contributed by atoms with Crippen molar-refractivity contribution in [2.45, 2.75) is 46.1 Å². The van der Waals surface area contributed by atoms with Crippen LogP contribution in [0.2, 0.25) is 0 Å². The number of ketones is 1.